The fraction of sp³-hybridized carbons (Fsp3) is 0.269. The lowest BCUT2D eigenvalue weighted by molar-refractivity contribution is 0.0746. The quantitative estimate of drug-likeness (QED) is 0.569. The molecule has 8 heteroatoms. The van der Waals surface area contributed by atoms with Gasteiger partial charge in [0, 0.05) is 43.5 Å². The van der Waals surface area contributed by atoms with E-state index in [0.717, 1.165) is 11.3 Å². The van der Waals surface area contributed by atoms with E-state index in [1.165, 1.54) is 16.4 Å². The highest BCUT2D eigenvalue weighted by molar-refractivity contribution is 7.92. The molecule has 0 unspecified atom stereocenters. The van der Waals surface area contributed by atoms with Crippen LogP contribution in [0, 0.1) is 5.82 Å². The zero-order chi connectivity index (χ0) is 23.9. The largest absolute Gasteiger partial charge is 0.368 e. The van der Waals surface area contributed by atoms with Gasteiger partial charge in [0.15, 0.2) is 0 Å². The first kappa shape index (κ1) is 22.4. The van der Waals surface area contributed by atoms with Crippen molar-refractivity contribution in [3.8, 4) is 0 Å². The molecule has 6 nitrogen and oxygen atoms in total. The number of fused-ring (bicyclic) bond motifs is 1. The van der Waals surface area contributed by atoms with Crippen LogP contribution in [0.4, 0.5) is 15.8 Å². The number of anilines is 2. The second-order valence-corrected chi connectivity index (χ2v) is 10.6. The Morgan fingerprint density at radius 1 is 0.912 bits per heavy atom. The highest BCUT2D eigenvalue weighted by Gasteiger charge is 2.36. The second-order valence-electron chi connectivity index (χ2n) is 8.77. The van der Waals surface area contributed by atoms with Gasteiger partial charge in [-0.2, -0.15) is 0 Å². The van der Waals surface area contributed by atoms with Gasteiger partial charge in [0.25, 0.3) is 15.9 Å². The van der Waals surface area contributed by atoms with Crippen molar-refractivity contribution in [3.63, 3.8) is 0 Å². The molecule has 0 aliphatic carbocycles. The maximum Gasteiger partial charge on any atom is 0.264 e. The standard InChI is InChI=1S/C26H26FN3O3S/c1-19-17-21-18-20(7-12-25(21)30(19)34(32,33)24-5-3-2-4-6-24)26(31)29-15-13-28(14-16-29)23-10-8-22(27)9-11-23/h2-12,18-19H,13-17H2,1H3/t19-/m0/s1. The third-order valence-corrected chi connectivity index (χ3v) is 8.48. The van der Waals surface area contributed by atoms with E-state index in [1.807, 2.05) is 17.9 Å². The number of hydrogen-bond acceptors (Lipinski definition) is 4. The monoisotopic (exact) mass is 479 g/mol. The molecule has 2 heterocycles. The van der Waals surface area contributed by atoms with Crippen molar-refractivity contribution in [1.82, 2.24) is 4.90 Å². The number of amides is 1. The summed E-state index contributed by atoms with van der Waals surface area (Å²) in [6.45, 7) is 4.36. The van der Waals surface area contributed by atoms with Crippen molar-refractivity contribution < 1.29 is 17.6 Å². The van der Waals surface area contributed by atoms with Crippen LogP contribution in [0.3, 0.4) is 0 Å². The van der Waals surface area contributed by atoms with Crippen molar-refractivity contribution in [2.45, 2.75) is 24.3 Å². The Hall–Kier alpha value is -3.39. The molecule has 0 radical (unpaired) electrons. The highest BCUT2D eigenvalue weighted by atomic mass is 32.2. The number of piperazine rings is 1. The number of carbonyl (C=O) groups excluding carboxylic acids is 1. The third-order valence-electron chi connectivity index (χ3n) is 6.54. The summed E-state index contributed by atoms with van der Waals surface area (Å²) in [6, 6.07) is 19.9. The Morgan fingerprint density at radius 2 is 1.59 bits per heavy atom. The van der Waals surface area contributed by atoms with Crippen LogP contribution in [-0.2, 0) is 16.4 Å². The van der Waals surface area contributed by atoms with Crippen LogP contribution in [0.5, 0.6) is 0 Å². The lowest BCUT2D eigenvalue weighted by atomic mass is 10.1. The molecule has 0 N–H and O–H groups in total. The summed E-state index contributed by atoms with van der Waals surface area (Å²) in [7, 11) is -3.68. The molecule has 1 saturated heterocycles. The van der Waals surface area contributed by atoms with Crippen LogP contribution in [0.1, 0.15) is 22.8 Å². The van der Waals surface area contributed by atoms with Crippen LogP contribution < -0.4 is 9.21 Å². The molecule has 1 fully saturated rings. The minimum absolute atomic E-state index is 0.0569. The molecule has 0 bridgehead atoms. The minimum Gasteiger partial charge on any atom is -0.368 e. The molecule has 0 spiro atoms. The molecule has 5 rings (SSSR count). The normalized spacial score (nSPS) is 18.2. The van der Waals surface area contributed by atoms with E-state index >= 15 is 0 Å². The molecular formula is C26H26FN3O3S. The maximum absolute atomic E-state index is 13.3. The Kier molecular flexibility index (Phi) is 5.77. The van der Waals surface area contributed by atoms with Crippen LogP contribution in [0.15, 0.2) is 77.7 Å². The smallest absolute Gasteiger partial charge is 0.264 e. The number of rotatable bonds is 4. The van der Waals surface area contributed by atoms with Gasteiger partial charge in [-0.3, -0.25) is 9.10 Å². The van der Waals surface area contributed by atoms with E-state index in [1.54, 1.807) is 54.6 Å². The van der Waals surface area contributed by atoms with E-state index in [-0.39, 0.29) is 22.7 Å². The average Bonchev–Trinajstić information content (AvgIpc) is 3.20. The summed E-state index contributed by atoms with van der Waals surface area (Å²) in [5.74, 6) is -0.322. The van der Waals surface area contributed by atoms with Crippen LogP contribution in [-0.4, -0.2) is 51.4 Å². The van der Waals surface area contributed by atoms with Crippen molar-refractivity contribution in [1.29, 1.82) is 0 Å². The first-order valence-electron chi connectivity index (χ1n) is 11.4. The Morgan fingerprint density at radius 3 is 2.26 bits per heavy atom. The van der Waals surface area contributed by atoms with Crippen LogP contribution in [0.25, 0.3) is 0 Å². The fourth-order valence-electron chi connectivity index (χ4n) is 4.81. The van der Waals surface area contributed by atoms with Gasteiger partial charge in [-0.05, 0) is 73.5 Å². The molecule has 1 amide bonds. The predicted octanol–water partition coefficient (Wildman–Crippen LogP) is 3.93. The molecular weight excluding hydrogens is 453 g/mol. The van der Waals surface area contributed by atoms with Gasteiger partial charge in [-0.1, -0.05) is 18.2 Å². The van der Waals surface area contributed by atoms with Gasteiger partial charge in [0.1, 0.15) is 5.82 Å². The third kappa shape index (κ3) is 4.03. The number of halogens is 1. The maximum atomic E-state index is 13.3. The van der Waals surface area contributed by atoms with Gasteiger partial charge >= 0.3 is 0 Å². The van der Waals surface area contributed by atoms with Crippen LogP contribution in [0.2, 0.25) is 0 Å². The molecule has 3 aromatic carbocycles. The first-order valence-corrected chi connectivity index (χ1v) is 12.8. The summed E-state index contributed by atoms with van der Waals surface area (Å²) in [6.07, 6.45) is 0.556. The summed E-state index contributed by atoms with van der Waals surface area (Å²) in [5.41, 5.74) is 3.01. The van der Waals surface area contributed by atoms with Crippen molar-refractivity contribution in [2.24, 2.45) is 0 Å². The molecule has 3 aromatic rings. The van der Waals surface area contributed by atoms with Crippen molar-refractivity contribution in [2.75, 3.05) is 35.4 Å². The lowest BCUT2D eigenvalue weighted by Crippen LogP contribution is -2.48. The van der Waals surface area contributed by atoms with Gasteiger partial charge in [-0.25, -0.2) is 12.8 Å². The van der Waals surface area contributed by atoms with E-state index in [9.17, 15) is 17.6 Å². The van der Waals surface area contributed by atoms with E-state index in [2.05, 4.69) is 4.90 Å². The molecule has 176 valence electrons. The summed E-state index contributed by atoms with van der Waals surface area (Å²) < 4.78 is 41.2. The zero-order valence-electron chi connectivity index (χ0n) is 18.9. The molecule has 1 atom stereocenters. The molecule has 2 aliphatic heterocycles. The average molecular weight is 480 g/mol. The molecule has 0 saturated carbocycles. The highest BCUT2D eigenvalue weighted by Crippen LogP contribution is 2.37. The second kappa shape index (κ2) is 8.76. The van der Waals surface area contributed by atoms with Gasteiger partial charge in [0.05, 0.1) is 10.6 Å². The SMILES string of the molecule is C[C@H]1Cc2cc(C(=O)N3CCN(c4ccc(F)cc4)CC3)ccc2N1S(=O)(=O)c1ccccc1. The molecule has 2 aliphatic rings. The number of hydrogen-bond donors (Lipinski definition) is 0. The predicted molar refractivity (Wildman–Crippen MR) is 130 cm³/mol. The van der Waals surface area contributed by atoms with Crippen LogP contribution >= 0.6 is 0 Å². The first-order chi connectivity index (χ1) is 16.3. The summed E-state index contributed by atoms with van der Waals surface area (Å²) in [5, 5.41) is 0. The number of sulfonamides is 1. The fourth-order valence-corrected chi connectivity index (χ4v) is 6.52. The van der Waals surface area contributed by atoms with Gasteiger partial charge < -0.3 is 9.80 Å². The topological polar surface area (TPSA) is 60.9 Å². The summed E-state index contributed by atoms with van der Waals surface area (Å²) >= 11 is 0. The van der Waals surface area contributed by atoms with E-state index < -0.39 is 10.0 Å². The van der Waals surface area contributed by atoms with Gasteiger partial charge in [0.2, 0.25) is 0 Å². The van der Waals surface area contributed by atoms with Crippen molar-refractivity contribution >= 4 is 27.3 Å². The van der Waals surface area contributed by atoms with E-state index in [0.29, 0.717) is 43.9 Å². The number of benzene rings is 3. The Labute approximate surface area is 199 Å². The van der Waals surface area contributed by atoms with Gasteiger partial charge in [-0.15, -0.1) is 0 Å². The van der Waals surface area contributed by atoms with E-state index in [4.69, 9.17) is 0 Å². The molecule has 0 aromatic heterocycles. The molecule has 34 heavy (non-hydrogen) atoms. The lowest BCUT2D eigenvalue weighted by Gasteiger charge is -2.36. The Bertz CT molecular complexity index is 1300. The zero-order valence-corrected chi connectivity index (χ0v) is 19.7. The summed E-state index contributed by atoms with van der Waals surface area (Å²) in [4.78, 5) is 17.4. The number of nitrogens with zero attached hydrogens (tertiary/aromatic N) is 3. The minimum atomic E-state index is -3.68. The number of carbonyl (C=O) groups is 1. The van der Waals surface area contributed by atoms with Crippen molar-refractivity contribution in [3.05, 3.63) is 89.7 Å². The Balaban J connectivity index is 1.32.